The summed E-state index contributed by atoms with van der Waals surface area (Å²) in [5.74, 6) is 0.912. The van der Waals surface area contributed by atoms with Crippen molar-refractivity contribution in [3.63, 3.8) is 0 Å². The Labute approximate surface area is 132 Å². The van der Waals surface area contributed by atoms with Gasteiger partial charge in [0.25, 0.3) is 10.0 Å². The van der Waals surface area contributed by atoms with Gasteiger partial charge >= 0.3 is 0 Å². The minimum Gasteiger partial charge on any atom is -0.279 e. The van der Waals surface area contributed by atoms with Crippen LogP contribution in [0, 0.1) is 0 Å². The smallest absolute Gasteiger partial charge is 0.262 e. The zero-order chi connectivity index (χ0) is 14.9. The summed E-state index contributed by atoms with van der Waals surface area (Å²) in [7, 11) is -2.07. The first-order valence-electron chi connectivity index (χ1n) is 5.97. The summed E-state index contributed by atoms with van der Waals surface area (Å²) in [6.07, 6.45) is 4.47. The molecular formula is C11H16ClN3O2S3. The fourth-order valence-electron chi connectivity index (χ4n) is 1.81. The van der Waals surface area contributed by atoms with Crippen molar-refractivity contribution in [1.29, 1.82) is 0 Å². The van der Waals surface area contributed by atoms with Gasteiger partial charge in [0.2, 0.25) is 0 Å². The van der Waals surface area contributed by atoms with Crippen molar-refractivity contribution in [1.82, 2.24) is 13.7 Å². The molecule has 0 spiro atoms. The highest BCUT2D eigenvalue weighted by atomic mass is 35.5. The standard InChI is InChI=1S/C11H16ClN3O2S3/c1-8(4-6-18-3)14(2)20(16,17)10-9(12)13-11-15(10)5-7-19-11/h5,7-8H,4,6H2,1-3H3. The van der Waals surface area contributed by atoms with Crippen LogP contribution in [0.25, 0.3) is 4.96 Å². The van der Waals surface area contributed by atoms with Crippen LogP contribution in [0.1, 0.15) is 13.3 Å². The third kappa shape index (κ3) is 2.85. The molecule has 112 valence electrons. The number of aromatic nitrogens is 2. The van der Waals surface area contributed by atoms with E-state index in [1.54, 1.807) is 30.4 Å². The molecule has 0 saturated carbocycles. The lowest BCUT2D eigenvalue weighted by Gasteiger charge is -2.23. The molecule has 0 aliphatic rings. The van der Waals surface area contributed by atoms with Crippen molar-refractivity contribution in [2.45, 2.75) is 24.4 Å². The molecule has 2 rings (SSSR count). The van der Waals surface area contributed by atoms with E-state index < -0.39 is 10.0 Å². The SMILES string of the molecule is CSCCC(C)N(C)S(=O)(=O)c1c(Cl)nc2sccn12. The number of nitrogens with zero attached hydrogens (tertiary/aromatic N) is 3. The lowest BCUT2D eigenvalue weighted by atomic mass is 10.3. The number of hydrogen-bond acceptors (Lipinski definition) is 5. The molecule has 0 aliphatic carbocycles. The Hall–Kier alpha value is -0.280. The summed E-state index contributed by atoms with van der Waals surface area (Å²) in [4.78, 5) is 4.66. The maximum absolute atomic E-state index is 12.7. The van der Waals surface area contributed by atoms with Gasteiger partial charge in [-0.1, -0.05) is 11.6 Å². The molecule has 9 heteroatoms. The van der Waals surface area contributed by atoms with Crippen molar-refractivity contribution in [2.24, 2.45) is 0 Å². The van der Waals surface area contributed by atoms with Crippen molar-refractivity contribution < 1.29 is 8.42 Å². The Balaban J connectivity index is 2.39. The largest absolute Gasteiger partial charge is 0.279 e. The van der Waals surface area contributed by atoms with Gasteiger partial charge in [0, 0.05) is 24.7 Å². The fraction of sp³-hybridized carbons (Fsp3) is 0.545. The highest BCUT2D eigenvalue weighted by molar-refractivity contribution is 7.98. The van der Waals surface area contributed by atoms with E-state index in [2.05, 4.69) is 4.98 Å². The summed E-state index contributed by atoms with van der Waals surface area (Å²) < 4.78 is 28.3. The predicted molar refractivity (Wildman–Crippen MR) is 85.5 cm³/mol. The fourth-order valence-corrected chi connectivity index (χ4v) is 5.18. The molecule has 1 unspecified atom stereocenters. The molecule has 0 bridgehead atoms. The van der Waals surface area contributed by atoms with Crippen LogP contribution in [0.15, 0.2) is 16.6 Å². The van der Waals surface area contributed by atoms with E-state index in [1.165, 1.54) is 20.0 Å². The zero-order valence-corrected chi connectivity index (χ0v) is 14.6. The minimum absolute atomic E-state index is 0.0285. The molecule has 0 amide bonds. The van der Waals surface area contributed by atoms with Gasteiger partial charge in [-0.25, -0.2) is 13.4 Å². The van der Waals surface area contributed by atoms with Crippen LogP contribution in [-0.2, 0) is 10.0 Å². The first kappa shape index (κ1) is 16.1. The van der Waals surface area contributed by atoms with Crippen molar-refractivity contribution in [2.75, 3.05) is 19.1 Å². The van der Waals surface area contributed by atoms with Crippen LogP contribution >= 0.6 is 34.7 Å². The van der Waals surface area contributed by atoms with Gasteiger partial charge in [-0.2, -0.15) is 16.1 Å². The quantitative estimate of drug-likeness (QED) is 0.801. The number of fused-ring (bicyclic) bond motifs is 1. The van der Waals surface area contributed by atoms with Gasteiger partial charge in [-0.3, -0.25) is 4.40 Å². The molecule has 0 radical (unpaired) electrons. The van der Waals surface area contributed by atoms with E-state index in [9.17, 15) is 8.42 Å². The number of rotatable bonds is 6. The summed E-state index contributed by atoms with van der Waals surface area (Å²) in [6, 6.07) is -0.0901. The number of halogens is 1. The summed E-state index contributed by atoms with van der Waals surface area (Å²) >= 11 is 9.06. The molecule has 0 fully saturated rings. The average Bonchev–Trinajstić information content (AvgIpc) is 2.93. The van der Waals surface area contributed by atoms with E-state index >= 15 is 0 Å². The summed E-state index contributed by atoms with van der Waals surface area (Å²) in [5, 5.41) is 1.86. The second kappa shape index (κ2) is 6.23. The molecule has 0 aliphatic heterocycles. The Morgan fingerprint density at radius 2 is 2.30 bits per heavy atom. The van der Waals surface area contributed by atoms with Crippen LogP contribution in [0.5, 0.6) is 0 Å². The second-order valence-electron chi connectivity index (χ2n) is 4.42. The number of thioether (sulfide) groups is 1. The lowest BCUT2D eigenvalue weighted by Crippen LogP contribution is -2.36. The Morgan fingerprint density at radius 1 is 1.60 bits per heavy atom. The molecule has 20 heavy (non-hydrogen) atoms. The van der Waals surface area contributed by atoms with E-state index in [1.807, 2.05) is 13.2 Å². The molecule has 0 saturated heterocycles. The average molecular weight is 354 g/mol. The molecule has 1 atom stereocenters. The minimum atomic E-state index is -3.65. The normalized spacial score (nSPS) is 14.2. The molecule has 5 nitrogen and oxygen atoms in total. The molecule has 2 aromatic heterocycles. The first-order chi connectivity index (χ1) is 9.39. The Bertz CT molecular complexity index is 695. The van der Waals surface area contributed by atoms with Crippen LogP contribution in [0.3, 0.4) is 0 Å². The van der Waals surface area contributed by atoms with E-state index in [0.717, 1.165) is 12.2 Å². The van der Waals surface area contributed by atoms with Crippen LogP contribution in [0.2, 0.25) is 5.15 Å². The van der Waals surface area contributed by atoms with Crippen LogP contribution in [-0.4, -0.2) is 47.2 Å². The van der Waals surface area contributed by atoms with Gasteiger partial charge in [-0.15, -0.1) is 11.3 Å². The third-order valence-corrected chi connectivity index (χ3v) is 6.94. The molecule has 2 heterocycles. The van der Waals surface area contributed by atoms with Gasteiger partial charge < -0.3 is 0 Å². The predicted octanol–water partition coefficient (Wildman–Crippen LogP) is 2.81. The van der Waals surface area contributed by atoms with Crippen molar-refractivity contribution in [3.05, 3.63) is 16.7 Å². The lowest BCUT2D eigenvalue weighted by molar-refractivity contribution is 0.380. The Morgan fingerprint density at radius 3 is 2.95 bits per heavy atom. The first-order valence-corrected chi connectivity index (χ1v) is 10.1. The molecule has 0 aromatic carbocycles. The second-order valence-corrected chi connectivity index (χ2v) is 8.54. The maximum Gasteiger partial charge on any atom is 0.262 e. The van der Waals surface area contributed by atoms with Crippen molar-refractivity contribution in [3.8, 4) is 0 Å². The van der Waals surface area contributed by atoms with Crippen LogP contribution < -0.4 is 0 Å². The number of hydrogen-bond donors (Lipinski definition) is 0. The van der Waals surface area contributed by atoms with Gasteiger partial charge in [0.05, 0.1) is 0 Å². The van der Waals surface area contributed by atoms with Gasteiger partial charge in [0.15, 0.2) is 15.1 Å². The van der Waals surface area contributed by atoms with E-state index in [0.29, 0.717) is 4.96 Å². The summed E-state index contributed by atoms with van der Waals surface area (Å²) in [6.45, 7) is 1.90. The van der Waals surface area contributed by atoms with E-state index in [-0.39, 0.29) is 16.2 Å². The van der Waals surface area contributed by atoms with Gasteiger partial charge in [-0.05, 0) is 25.4 Å². The molecular weight excluding hydrogens is 338 g/mol. The molecule has 0 N–H and O–H groups in total. The summed E-state index contributed by atoms with van der Waals surface area (Å²) in [5.41, 5.74) is 0. The highest BCUT2D eigenvalue weighted by Crippen LogP contribution is 2.28. The van der Waals surface area contributed by atoms with Crippen molar-refractivity contribution >= 4 is 49.7 Å². The number of imidazole rings is 1. The third-order valence-electron chi connectivity index (χ3n) is 3.16. The topological polar surface area (TPSA) is 54.7 Å². The monoisotopic (exact) mass is 353 g/mol. The highest BCUT2D eigenvalue weighted by Gasteiger charge is 2.31. The van der Waals surface area contributed by atoms with Gasteiger partial charge in [0.1, 0.15) is 0 Å². The number of thiazole rings is 1. The van der Waals surface area contributed by atoms with Crippen LogP contribution in [0.4, 0.5) is 0 Å². The number of sulfonamides is 1. The van der Waals surface area contributed by atoms with E-state index in [4.69, 9.17) is 11.6 Å². The molecule has 2 aromatic rings. The zero-order valence-electron chi connectivity index (χ0n) is 11.4. The Kier molecular flexibility index (Phi) is 5.01. The maximum atomic E-state index is 12.7.